The van der Waals surface area contributed by atoms with Crippen molar-refractivity contribution in [3.8, 4) is 22.9 Å². The number of carbonyl (C=O) groups is 6. The Morgan fingerprint density at radius 3 is 1.95 bits per heavy atom. The fraction of sp³-hybridized carbons (Fsp3) is 0.175. The van der Waals surface area contributed by atoms with Gasteiger partial charge in [-0.3, -0.25) is 24.0 Å². The molecule has 314 valence electrons. The molecule has 2 aromatic carbocycles. The zero-order chi connectivity index (χ0) is 44.4. The van der Waals surface area contributed by atoms with Gasteiger partial charge in [0.1, 0.15) is 34.7 Å². The summed E-state index contributed by atoms with van der Waals surface area (Å²) in [6.07, 6.45) is 4.78. The molecule has 0 unspecified atom stereocenters. The summed E-state index contributed by atoms with van der Waals surface area (Å²) in [6, 6.07) is 19.5. The van der Waals surface area contributed by atoms with Crippen LogP contribution in [0.4, 0.5) is 5.82 Å². The molecule has 5 rings (SSSR count). The minimum absolute atomic E-state index is 0.0524. The number of carbonyl (C=O) groups excluding carboxylic acids is 2. The maximum Gasteiger partial charge on any atom is 0.328 e. The van der Waals surface area contributed by atoms with Gasteiger partial charge in [-0.1, -0.05) is 18.2 Å². The van der Waals surface area contributed by atoms with Crippen molar-refractivity contribution in [2.24, 2.45) is 0 Å². The molecule has 0 spiro atoms. The molecular weight excluding hydrogens is 788 g/mol. The number of fused-ring (bicyclic) bond motifs is 1. The number of rotatable bonds is 15. The van der Waals surface area contributed by atoms with Crippen molar-refractivity contribution in [2.45, 2.75) is 26.5 Å². The Hall–Kier alpha value is -8.13. The quantitative estimate of drug-likeness (QED) is 0.0650. The lowest BCUT2D eigenvalue weighted by Gasteiger charge is -2.18. The van der Waals surface area contributed by atoms with E-state index in [1.165, 1.54) is 10.9 Å². The lowest BCUT2D eigenvalue weighted by atomic mass is 10.2. The van der Waals surface area contributed by atoms with Crippen LogP contribution in [-0.2, 0) is 35.3 Å². The molecule has 1 atom stereocenters. The van der Waals surface area contributed by atoms with Gasteiger partial charge in [0, 0.05) is 42.0 Å². The monoisotopic (exact) mass is 828 g/mol. The van der Waals surface area contributed by atoms with Crippen LogP contribution in [0, 0.1) is 6.92 Å². The molecule has 0 saturated carbocycles. The van der Waals surface area contributed by atoms with Crippen molar-refractivity contribution in [3.63, 3.8) is 0 Å². The number of anilines is 1. The predicted octanol–water partition coefficient (Wildman–Crippen LogP) is 3.52. The molecule has 0 radical (unpaired) electrons. The fourth-order valence-electron chi connectivity index (χ4n) is 5.07. The lowest BCUT2D eigenvalue weighted by molar-refractivity contribution is -0.147. The Labute approximate surface area is 340 Å². The molecule has 1 amide bonds. The number of amides is 1. The van der Waals surface area contributed by atoms with Crippen LogP contribution < -0.4 is 25.7 Å². The summed E-state index contributed by atoms with van der Waals surface area (Å²) >= 11 is 0. The summed E-state index contributed by atoms with van der Waals surface area (Å²) in [5, 5.41) is 37.5. The number of ether oxygens (including phenoxy) is 3. The van der Waals surface area contributed by atoms with Crippen molar-refractivity contribution in [2.75, 3.05) is 26.0 Å². The predicted molar refractivity (Wildman–Crippen MR) is 214 cm³/mol. The van der Waals surface area contributed by atoms with Crippen LogP contribution in [0.5, 0.6) is 17.2 Å². The molecule has 3 heterocycles. The van der Waals surface area contributed by atoms with E-state index in [-0.39, 0.29) is 24.5 Å². The maximum atomic E-state index is 13.7. The van der Waals surface area contributed by atoms with Gasteiger partial charge in [0.2, 0.25) is 0 Å². The van der Waals surface area contributed by atoms with Crippen LogP contribution in [0.2, 0.25) is 0 Å². The van der Waals surface area contributed by atoms with Crippen molar-refractivity contribution < 1.29 is 63.4 Å². The number of para-hydroxylation sites is 1. The van der Waals surface area contributed by atoms with Gasteiger partial charge in [0.15, 0.2) is 0 Å². The summed E-state index contributed by atoms with van der Waals surface area (Å²) in [7, 11) is 3.24. The molecular formula is C40H40N6O14. The minimum Gasteiger partial charge on any atom is -0.497 e. The highest BCUT2D eigenvalue weighted by molar-refractivity contribution is 6.04. The van der Waals surface area contributed by atoms with Crippen LogP contribution >= 0.6 is 0 Å². The number of esters is 1. The van der Waals surface area contributed by atoms with E-state index in [4.69, 9.17) is 34.6 Å². The average Bonchev–Trinajstić information content (AvgIpc) is 3.45. The first-order valence-corrected chi connectivity index (χ1v) is 17.4. The second-order valence-corrected chi connectivity index (χ2v) is 12.0. The first-order valence-electron chi connectivity index (χ1n) is 17.4. The molecule has 0 bridgehead atoms. The number of benzene rings is 2. The van der Waals surface area contributed by atoms with E-state index >= 15 is 0 Å². The van der Waals surface area contributed by atoms with Crippen molar-refractivity contribution in [1.29, 1.82) is 0 Å². The van der Waals surface area contributed by atoms with Gasteiger partial charge in [-0.15, -0.1) is 0 Å². The molecule has 0 fully saturated rings. The summed E-state index contributed by atoms with van der Waals surface area (Å²) in [5.41, 5.74) is 1.13. The van der Waals surface area contributed by atoms with E-state index in [1.807, 2.05) is 24.3 Å². The highest BCUT2D eigenvalue weighted by Gasteiger charge is 2.25. The van der Waals surface area contributed by atoms with E-state index in [0.717, 1.165) is 5.39 Å². The van der Waals surface area contributed by atoms with E-state index in [2.05, 4.69) is 20.6 Å². The van der Waals surface area contributed by atoms with Gasteiger partial charge in [0.25, 0.3) is 11.5 Å². The van der Waals surface area contributed by atoms with Gasteiger partial charge in [-0.2, -0.15) is 0 Å². The summed E-state index contributed by atoms with van der Waals surface area (Å²) < 4.78 is 19.8. The number of pyridine rings is 2. The van der Waals surface area contributed by atoms with Crippen LogP contribution in [0.3, 0.4) is 0 Å². The zero-order valence-electron chi connectivity index (χ0n) is 32.5. The molecule has 5 aromatic rings. The third-order valence-corrected chi connectivity index (χ3v) is 7.56. The first-order chi connectivity index (χ1) is 28.5. The van der Waals surface area contributed by atoms with Gasteiger partial charge >= 0.3 is 29.8 Å². The zero-order valence-corrected chi connectivity index (χ0v) is 32.5. The molecule has 0 aliphatic heterocycles. The number of carboxylic acids is 4. The second-order valence-electron chi connectivity index (χ2n) is 12.0. The fourth-order valence-corrected chi connectivity index (χ4v) is 5.07. The maximum absolute atomic E-state index is 13.7. The van der Waals surface area contributed by atoms with Crippen molar-refractivity contribution in [3.05, 3.63) is 125 Å². The topological polar surface area (TPSA) is 288 Å². The molecule has 20 heteroatoms. The molecule has 3 aromatic heterocycles. The number of aromatic nitrogens is 4. The third kappa shape index (κ3) is 14.1. The largest absolute Gasteiger partial charge is 0.497 e. The van der Waals surface area contributed by atoms with E-state index in [1.54, 1.807) is 81.3 Å². The number of nitrogens with zero attached hydrogens (tertiary/aromatic N) is 4. The summed E-state index contributed by atoms with van der Waals surface area (Å²) in [6.45, 7) is 3.61. The van der Waals surface area contributed by atoms with Crippen LogP contribution in [-0.4, -0.2) is 102 Å². The molecule has 0 aliphatic rings. The minimum atomic E-state index is -1.26. The van der Waals surface area contributed by atoms with Crippen LogP contribution in [0.1, 0.15) is 23.0 Å². The van der Waals surface area contributed by atoms with Gasteiger partial charge in [-0.25, -0.2) is 28.8 Å². The Balaban J connectivity index is 0.000000507. The molecule has 0 aliphatic carbocycles. The highest BCUT2D eigenvalue weighted by Crippen LogP contribution is 2.31. The molecule has 6 N–H and O–H groups in total. The number of carboxylic acid groups (broad SMARTS) is 4. The number of hydrogen-bond acceptors (Lipinski definition) is 13. The Morgan fingerprint density at radius 2 is 1.42 bits per heavy atom. The summed E-state index contributed by atoms with van der Waals surface area (Å²) in [5.74, 6) is -4.12. The highest BCUT2D eigenvalue weighted by atomic mass is 16.5. The number of aliphatic carboxylic acids is 4. The number of methoxy groups -OCH3 is 1. The van der Waals surface area contributed by atoms with Gasteiger partial charge < -0.3 is 45.3 Å². The van der Waals surface area contributed by atoms with Crippen molar-refractivity contribution >= 4 is 52.5 Å². The Morgan fingerprint density at radius 1 is 0.817 bits per heavy atom. The van der Waals surface area contributed by atoms with Crippen LogP contribution in [0.25, 0.3) is 16.6 Å². The standard InChI is InChI=1S/C32H32N6O6.2C4H4O4/c1-20(43-29(39)18-33-3)19-37-21(2)30(32(41)38(37)22-8-6-5-7-9-22)31(40)36-28-13-11-24(17-35-28)44-27-14-15-34-26-16-23(42-4)10-12-25(26)27;2*5-3(6)1-2-4(7)8/h5-17,20,33H,18-19H2,1-4H3,(H,35,36,40);2*1-2H,(H,5,6)(H,7,8)/b;2*2-1-/t20-;;/m1../s1. The Kier molecular flexibility index (Phi) is 17.4. The SMILES string of the molecule is CNCC(=O)O[C@H](C)Cn1c(C)c(C(=O)Nc2ccc(Oc3ccnc4cc(OC)ccc34)cn2)c(=O)n1-c1ccccc1.O=C(O)/C=C\C(=O)O.O=C(O)/C=C\C(=O)O. The normalized spacial score (nSPS) is 11.1. The smallest absolute Gasteiger partial charge is 0.328 e. The number of likely N-dealkylation sites (N-methyl/N-ethyl adjacent to an activating group) is 1. The number of nitrogens with one attached hydrogen (secondary N) is 2. The Bertz CT molecular complexity index is 2370. The molecule has 20 nitrogen and oxygen atoms in total. The molecule has 0 saturated heterocycles. The van der Waals surface area contributed by atoms with E-state index in [0.29, 0.717) is 58.5 Å². The van der Waals surface area contributed by atoms with Gasteiger partial charge in [-0.05, 0) is 63.4 Å². The first kappa shape index (κ1) is 46.3. The van der Waals surface area contributed by atoms with Crippen molar-refractivity contribution in [1.82, 2.24) is 24.6 Å². The molecule has 60 heavy (non-hydrogen) atoms. The second kappa shape index (κ2) is 22.6. The van der Waals surface area contributed by atoms with E-state index < -0.39 is 47.4 Å². The summed E-state index contributed by atoms with van der Waals surface area (Å²) in [4.78, 5) is 86.0. The average molecular weight is 829 g/mol. The van der Waals surface area contributed by atoms with Crippen LogP contribution in [0.15, 0.2) is 108 Å². The van der Waals surface area contributed by atoms with Gasteiger partial charge in [0.05, 0.1) is 43.3 Å². The third-order valence-electron chi connectivity index (χ3n) is 7.56. The number of hydrogen-bond donors (Lipinski definition) is 6. The lowest BCUT2D eigenvalue weighted by Crippen LogP contribution is -2.30. The van der Waals surface area contributed by atoms with E-state index in [9.17, 15) is 33.6 Å².